The van der Waals surface area contributed by atoms with Gasteiger partial charge in [-0.25, -0.2) is 8.42 Å². The van der Waals surface area contributed by atoms with Gasteiger partial charge in [0.05, 0.1) is 4.90 Å². The number of nitrogens with zero attached hydrogens (tertiary/aromatic N) is 1. The van der Waals surface area contributed by atoms with E-state index in [-0.39, 0.29) is 0 Å². The summed E-state index contributed by atoms with van der Waals surface area (Å²) in [5, 5.41) is 0. The minimum atomic E-state index is -3.39. The summed E-state index contributed by atoms with van der Waals surface area (Å²) in [6.45, 7) is 3.25. The van der Waals surface area contributed by atoms with Crippen LogP contribution in [0.1, 0.15) is 43.7 Å². The summed E-state index contributed by atoms with van der Waals surface area (Å²) in [5.41, 5.74) is 1.74. The van der Waals surface area contributed by atoms with E-state index in [0.29, 0.717) is 30.3 Å². The van der Waals surface area contributed by atoms with Crippen LogP contribution in [0.2, 0.25) is 0 Å². The molecule has 0 aromatic heterocycles. The van der Waals surface area contributed by atoms with Crippen molar-refractivity contribution in [3.8, 4) is 0 Å². The molecular formula is C15H22ClNO2S. The highest BCUT2D eigenvalue weighted by molar-refractivity contribution is 7.89. The van der Waals surface area contributed by atoms with Crippen molar-refractivity contribution in [3.05, 3.63) is 29.3 Å². The maximum atomic E-state index is 12.9. The minimum absolute atomic E-state index is 0.340. The van der Waals surface area contributed by atoms with E-state index in [1.165, 1.54) is 0 Å². The molecule has 20 heavy (non-hydrogen) atoms. The normalized spacial score (nSPS) is 17.9. The maximum Gasteiger partial charge on any atom is 0.243 e. The molecule has 1 aromatic rings. The average molecular weight is 316 g/mol. The number of rotatable bonds is 4. The van der Waals surface area contributed by atoms with Gasteiger partial charge in [0.25, 0.3) is 0 Å². The van der Waals surface area contributed by atoms with Crippen LogP contribution in [0, 0.1) is 0 Å². The molecule has 1 aliphatic rings. The lowest BCUT2D eigenvalue weighted by Crippen LogP contribution is -2.32. The standard InChI is InChI=1S/C15H22ClNO2S/c1-2-14-8-7-13(12-16)11-15(14)20(18,19)17-9-5-3-4-6-10-17/h7-8,11H,2-6,9-10,12H2,1H3. The number of halogens is 1. The van der Waals surface area contributed by atoms with Gasteiger partial charge in [0, 0.05) is 19.0 Å². The molecule has 2 rings (SSSR count). The zero-order valence-corrected chi connectivity index (χ0v) is 13.5. The van der Waals surface area contributed by atoms with Gasteiger partial charge in [-0.3, -0.25) is 0 Å². The van der Waals surface area contributed by atoms with Gasteiger partial charge >= 0.3 is 0 Å². The van der Waals surface area contributed by atoms with Gasteiger partial charge in [-0.1, -0.05) is 31.9 Å². The molecule has 3 nitrogen and oxygen atoms in total. The van der Waals surface area contributed by atoms with Gasteiger partial charge in [-0.05, 0) is 36.5 Å². The molecule has 0 amide bonds. The maximum absolute atomic E-state index is 12.9. The Bertz CT molecular complexity index is 549. The topological polar surface area (TPSA) is 37.4 Å². The summed E-state index contributed by atoms with van der Waals surface area (Å²) >= 11 is 5.85. The SMILES string of the molecule is CCc1ccc(CCl)cc1S(=O)(=O)N1CCCCCC1. The van der Waals surface area contributed by atoms with E-state index in [2.05, 4.69) is 0 Å². The molecule has 0 bridgehead atoms. The van der Waals surface area contributed by atoms with Crippen molar-refractivity contribution >= 4 is 21.6 Å². The molecule has 0 atom stereocenters. The minimum Gasteiger partial charge on any atom is -0.207 e. The van der Waals surface area contributed by atoms with Crippen LogP contribution in [0.25, 0.3) is 0 Å². The lowest BCUT2D eigenvalue weighted by atomic mass is 10.1. The first-order chi connectivity index (χ1) is 9.59. The van der Waals surface area contributed by atoms with E-state index in [9.17, 15) is 8.42 Å². The molecule has 0 saturated carbocycles. The summed E-state index contributed by atoms with van der Waals surface area (Å²) < 4.78 is 27.4. The molecule has 0 unspecified atom stereocenters. The molecule has 5 heteroatoms. The van der Waals surface area contributed by atoms with Crippen molar-refractivity contribution in [1.82, 2.24) is 4.31 Å². The van der Waals surface area contributed by atoms with Crippen molar-refractivity contribution < 1.29 is 8.42 Å². The first-order valence-electron chi connectivity index (χ1n) is 7.27. The largest absolute Gasteiger partial charge is 0.243 e. The van der Waals surface area contributed by atoms with Crippen LogP contribution < -0.4 is 0 Å². The molecule has 0 N–H and O–H groups in total. The third-order valence-electron chi connectivity index (χ3n) is 3.85. The number of hydrogen-bond acceptors (Lipinski definition) is 2. The Kier molecular flexibility index (Phi) is 5.47. The van der Waals surface area contributed by atoms with Crippen molar-refractivity contribution in [2.24, 2.45) is 0 Å². The summed E-state index contributed by atoms with van der Waals surface area (Å²) in [4.78, 5) is 0.444. The van der Waals surface area contributed by atoms with Crippen molar-refractivity contribution in [1.29, 1.82) is 0 Å². The first-order valence-corrected chi connectivity index (χ1v) is 9.25. The summed E-state index contributed by atoms with van der Waals surface area (Å²) in [6.07, 6.45) is 4.86. The van der Waals surface area contributed by atoms with E-state index in [1.807, 2.05) is 19.1 Å². The van der Waals surface area contributed by atoms with Gasteiger partial charge in [0.1, 0.15) is 0 Å². The van der Waals surface area contributed by atoms with E-state index >= 15 is 0 Å². The molecule has 0 aliphatic carbocycles. The predicted molar refractivity (Wildman–Crippen MR) is 82.6 cm³/mol. The van der Waals surface area contributed by atoms with Gasteiger partial charge in [0.15, 0.2) is 0 Å². The van der Waals surface area contributed by atoms with Crippen LogP contribution >= 0.6 is 11.6 Å². The highest BCUT2D eigenvalue weighted by Gasteiger charge is 2.27. The molecule has 1 heterocycles. The van der Waals surface area contributed by atoms with Crippen molar-refractivity contribution in [3.63, 3.8) is 0 Å². The molecule has 1 saturated heterocycles. The van der Waals surface area contributed by atoms with E-state index < -0.39 is 10.0 Å². The van der Waals surface area contributed by atoms with Crippen LogP contribution in [0.5, 0.6) is 0 Å². The molecule has 112 valence electrons. The Balaban J connectivity index is 2.41. The number of sulfonamides is 1. The molecular weight excluding hydrogens is 294 g/mol. The Morgan fingerprint density at radius 2 is 1.80 bits per heavy atom. The number of aryl methyl sites for hydroxylation is 1. The second-order valence-corrected chi connectivity index (χ2v) is 7.42. The highest BCUT2D eigenvalue weighted by atomic mass is 35.5. The fourth-order valence-corrected chi connectivity index (χ4v) is 4.66. The fourth-order valence-electron chi connectivity index (χ4n) is 2.64. The lowest BCUT2D eigenvalue weighted by Gasteiger charge is -2.22. The molecule has 1 fully saturated rings. The second-order valence-electron chi connectivity index (χ2n) is 5.25. The van der Waals surface area contributed by atoms with E-state index in [1.54, 1.807) is 10.4 Å². The Hall–Kier alpha value is -0.580. The summed E-state index contributed by atoms with van der Waals surface area (Å²) in [6, 6.07) is 5.54. The predicted octanol–water partition coefficient (Wildman–Crippen LogP) is 3.55. The average Bonchev–Trinajstić information content (AvgIpc) is 2.76. The van der Waals surface area contributed by atoms with Gasteiger partial charge in [-0.15, -0.1) is 11.6 Å². The van der Waals surface area contributed by atoms with Crippen LogP contribution in [0.3, 0.4) is 0 Å². The van der Waals surface area contributed by atoms with E-state index in [4.69, 9.17) is 11.6 Å². The molecule has 1 aromatic carbocycles. The van der Waals surface area contributed by atoms with Crippen molar-refractivity contribution in [2.75, 3.05) is 13.1 Å². The summed E-state index contributed by atoms with van der Waals surface area (Å²) in [5.74, 6) is 0.340. The Morgan fingerprint density at radius 1 is 1.15 bits per heavy atom. The zero-order valence-electron chi connectivity index (χ0n) is 11.9. The molecule has 0 radical (unpaired) electrons. The molecule has 0 spiro atoms. The van der Waals surface area contributed by atoms with Crippen LogP contribution in [0.4, 0.5) is 0 Å². The van der Waals surface area contributed by atoms with Crippen LogP contribution in [-0.4, -0.2) is 25.8 Å². The second kappa shape index (κ2) is 6.92. The van der Waals surface area contributed by atoms with Gasteiger partial charge in [-0.2, -0.15) is 4.31 Å². The highest BCUT2D eigenvalue weighted by Crippen LogP contribution is 2.25. The van der Waals surface area contributed by atoms with Gasteiger partial charge < -0.3 is 0 Å². The summed E-state index contributed by atoms with van der Waals surface area (Å²) in [7, 11) is -3.39. The smallest absolute Gasteiger partial charge is 0.207 e. The lowest BCUT2D eigenvalue weighted by molar-refractivity contribution is 0.423. The zero-order chi connectivity index (χ0) is 14.6. The molecule has 1 aliphatic heterocycles. The number of benzene rings is 1. The first kappa shape index (κ1) is 15.8. The van der Waals surface area contributed by atoms with Crippen LogP contribution in [-0.2, 0) is 22.3 Å². The third-order valence-corrected chi connectivity index (χ3v) is 6.14. The monoisotopic (exact) mass is 315 g/mol. The quantitative estimate of drug-likeness (QED) is 0.797. The fraction of sp³-hybridized carbons (Fsp3) is 0.600. The number of alkyl halides is 1. The van der Waals surface area contributed by atoms with Crippen molar-refractivity contribution in [2.45, 2.75) is 49.8 Å². The third kappa shape index (κ3) is 3.35. The Labute approximate surface area is 127 Å². The Morgan fingerprint density at radius 3 is 2.35 bits per heavy atom. The van der Waals surface area contributed by atoms with Gasteiger partial charge in [0.2, 0.25) is 10.0 Å². The van der Waals surface area contributed by atoms with Crippen LogP contribution in [0.15, 0.2) is 23.1 Å². The number of hydrogen-bond donors (Lipinski definition) is 0. The van der Waals surface area contributed by atoms with E-state index in [0.717, 1.165) is 36.8 Å².